The molecule has 0 fully saturated rings. The van der Waals surface area contributed by atoms with Gasteiger partial charge in [0.2, 0.25) is 10.0 Å². The molecule has 5 rings (SSSR count). The highest BCUT2D eigenvalue weighted by Gasteiger charge is 2.33. The molecule has 2 aromatic heterocycles. The van der Waals surface area contributed by atoms with Gasteiger partial charge in [0.1, 0.15) is 0 Å². The summed E-state index contributed by atoms with van der Waals surface area (Å²) in [5, 5.41) is 6.91. The molecule has 5 aromatic rings. The number of aryl methyl sites for hydroxylation is 2. The van der Waals surface area contributed by atoms with Crippen LogP contribution in [0.3, 0.4) is 0 Å². The molecule has 2 heterocycles. The predicted molar refractivity (Wildman–Crippen MR) is 165 cm³/mol. The molecule has 14 heteroatoms. The number of aromatic nitrogens is 4. The Labute approximate surface area is 257 Å². The summed E-state index contributed by atoms with van der Waals surface area (Å²) in [5.74, 6) is -1.02. The summed E-state index contributed by atoms with van der Waals surface area (Å²) in [5.41, 5.74) is 3.06. The van der Waals surface area contributed by atoms with E-state index in [9.17, 15) is 26.4 Å². The Bertz CT molecular complexity index is 2000. The maximum atomic E-state index is 13.7. The molecule has 3 aromatic carbocycles. The van der Waals surface area contributed by atoms with Crippen LogP contribution in [0.5, 0.6) is 5.75 Å². The molecule has 0 atom stereocenters. The molecule has 45 heavy (non-hydrogen) atoms. The van der Waals surface area contributed by atoms with Gasteiger partial charge in [-0.2, -0.15) is 18.3 Å². The van der Waals surface area contributed by atoms with Crippen molar-refractivity contribution in [1.82, 2.24) is 19.3 Å². The Kier molecular flexibility index (Phi) is 8.43. The number of methoxy groups -OCH3 is 1. The van der Waals surface area contributed by atoms with Gasteiger partial charge in [-0.1, -0.05) is 25.1 Å². The summed E-state index contributed by atoms with van der Waals surface area (Å²) in [6.45, 7) is 3.92. The number of anilines is 2. The van der Waals surface area contributed by atoms with E-state index in [4.69, 9.17) is 4.74 Å². The summed E-state index contributed by atoms with van der Waals surface area (Å²) in [6, 6.07) is 14.1. The van der Waals surface area contributed by atoms with Gasteiger partial charge < -0.3 is 14.6 Å². The monoisotopic (exact) mass is 638 g/mol. The third-order valence-electron chi connectivity index (χ3n) is 6.96. The fraction of sp³-hybridized carbons (Fsp3) is 0.194. The molecule has 0 saturated carbocycles. The summed E-state index contributed by atoms with van der Waals surface area (Å²) < 4.78 is 75.3. The molecule has 0 aliphatic rings. The Morgan fingerprint density at radius 3 is 2.49 bits per heavy atom. The normalized spacial score (nSPS) is 11.8. The lowest BCUT2D eigenvalue weighted by Gasteiger charge is -2.18. The van der Waals surface area contributed by atoms with Gasteiger partial charge >= 0.3 is 6.18 Å². The van der Waals surface area contributed by atoms with Crippen LogP contribution in [0.25, 0.3) is 22.6 Å². The fourth-order valence-corrected chi connectivity index (χ4v) is 5.27. The molecular weight excluding hydrogens is 609 g/mol. The number of hydrogen-bond acceptors (Lipinski definition) is 6. The molecule has 234 valence electrons. The molecule has 0 bridgehead atoms. The first-order valence-electron chi connectivity index (χ1n) is 13.6. The molecule has 0 saturated heterocycles. The van der Waals surface area contributed by atoms with Gasteiger partial charge in [-0.15, -0.1) is 0 Å². The lowest BCUT2D eigenvalue weighted by Crippen LogP contribution is -2.17. The van der Waals surface area contributed by atoms with E-state index in [2.05, 4.69) is 34.5 Å². The van der Waals surface area contributed by atoms with Crippen molar-refractivity contribution < 1.29 is 31.1 Å². The number of rotatable bonds is 9. The lowest BCUT2D eigenvalue weighted by molar-refractivity contribution is -0.137. The Hall–Kier alpha value is -5.11. The molecule has 0 aliphatic heterocycles. The van der Waals surface area contributed by atoms with Crippen molar-refractivity contribution in [2.75, 3.05) is 23.4 Å². The van der Waals surface area contributed by atoms with Crippen LogP contribution >= 0.6 is 0 Å². The first-order valence-corrected chi connectivity index (χ1v) is 15.5. The van der Waals surface area contributed by atoms with E-state index < -0.39 is 33.4 Å². The molecule has 0 radical (unpaired) electrons. The maximum Gasteiger partial charge on any atom is 0.416 e. The highest BCUT2D eigenvalue weighted by Crippen LogP contribution is 2.41. The number of carbonyl (C=O) groups excluding carboxylic acids is 1. The van der Waals surface area contributed by atoms with Crippen molar-refractivity contribution in [2.45, 2.75) is 26.4 Å². The Balaban J connectivity index is 1.44. The second-order valence-corrected chi connectivity index (χ2v) is 12.0. The van der Waals surface area contributed by atoms with Crippen molar-refractivity contribution in [3.8, 4) is 28.4 Å². The standard InChI is InChI=1S/C31H29F3N6O4S/c1-5-20-7-6-8-24(11-20)40-16-22(15-36-40)27-17-39(18-35-27)28-12-21(10-9-19(28)2)30(41)37-25-13-23(31(32,33)34)14-26(29(25)44-3)38-45(4,42)43/h6-18,38H,5H2,1-4H3,(H,37,41). The van der Waals surface area contributed by atoms with E-state index in [1.807, 2.05) is 30.0 Å². The number of sulfonamides is 1. The van der Waals surface area contributed by atoms with E-state index >= 15 is 0 Å². The average Bonchev–Trinajstić information content (AvgIpc) is 3.66. The minimum atomic E-state index is -4.83. The maximum absolute atomic E-state index is 13.7. The number of benzene rings is 3. The van der Waals surface area contributed by atoms with E-state index in [0.29, 0.717) is 23.5 Å². The Morgan fingerprint density at radius 2 is 1.80 bits per heavy atom. The number of alkyl halides is 3. The summed E-state index contributed by atoms with van der Waals surface area (Å²) in [7, 11) is -2.82. The number of carbonyl (C=O) groups is 1. The van der Waals surface area contributed by atoms with Crippen LogP contribution in [-0.4, -0.2) is 47.0 Å². The van der Waals surface area contributed by atoms with Gasteiger partial charge in [0.15, 0.2) is 5.75 Å². The highest BCUT2D eigenvalue weighted by molar-refractivity contribution is 7.92. The van der Waals surface area contributed by atoms with Gasteiger partial charge in [-0.05, 0) is 60.9 Å². The summed E-state index contributed by atoms with van der Waals surface area (Å²) in [6.07, 6.45) is 3.81. The van der Waals surface area contributed by atoms with Crippen LogP contribution < -0.4 is 14.8 Å². The van der Waals surface area contributed by atoms with Crippen LogP contribution in [0.1, 0.15) is 34.0 Å². The van der Waals surface area contributed by atoms with Gasteiger partial charge in [0, 0.05) is 23.5 Å². The fourth-order valence-electron chi connectivity index (χ4n) is 4.72. The minimum absolute atomic E-state index is 0.131. The van der Waals surface area contributed by atoms with Crippen molar-refractivity contribution >= 4 is 27.3 Å². The van der Waals surface area contributed by atoms with Crippen LogP contribution in [-0.2, 0) is 22.6 Å². The van der Waals surface area contributed by atoms with E-state index in [-0.39, 0.29) is 17.0 Å². The first kappa shape index (κ1) is 31.3. The van der Waals surface area contributed by atoms with Crippen molar-refractivity contribution in [1.29, 1.82) is 0 Å². The number of nitrogens with one attached hydrogen (secondary N) is 2. The SMILES string of the molecule is CCc1cccc(-n2cc(-c3cn(-c4cc(C(=O)Nc5cc(C(F)(F)F)cc(NS(C)(=O)=O)c5OC)ccc4C)cn3)cn2)c1. The van der Waals surface area contributed by atoms with Crippen LogP contribution in [0.4, 0.5) is 24.5 Å². The van der Waals surface area contributed by atoms with Gasteiger partial charge in [0.05, 0.1) is 59.9 Å². The van der Waals surface area contributed by atoms with Crippen LogP contribution in [0.2, 0.25) is 0 Å². The first-order chi connectivity index (χ1) is 21.3. The zero-order valence-electron chi connectivity index (χ0n) is 24.7. The van der Waals surface area contributed by atoms with E-state index in [1.54, 1.807) is 40.1 Å². The van der Waals surface area contributed by atoms with Crippen molar-refractivity contribution in [3.63, 3.8) is 0 Å². The summed E-state index contributed by atoms with van der Waals surface area (Å²) >= 11 is 0. The lowest BCUT2D eigenvalue weighted by atomic mass is 10.1. The number of nitrogens with zero attached hydrogens (tertiary/aromatic N) is 4. The molecular formula is C31H29F3N6O4S. The van der Waals surface area contributed by atoms with E-state index in [0.717, 1.165) is 36.6 Å². The van der Waals surface area contributed by atoms with Gasteiger partial charge in [-0.3, -0.25) is 9.52 Å². The Morgan fingerprint density at radius 1 is 1.04 bits per heavy atom. The number of amides is 1. The van der Waals surface area contributed by atoms with Crippen LogP contribution in [0, 0.1) is 6.92 Å². The van der Waals surface area contributed by atoms with Crippen LogP contribution in [0.15, 0.2) is 79.5 Å². The molecule has 0 spiro atoms. The second kappa shape index (κ2) is 12.1. The smallest absolute Gasteiger partial charge is 0.416 e. The zero-order valence-corrected chi connectivity index (χ0v) is 25.5. The quantitative estimate of drug-likeness (QED) is 0.197. The molecule has 1 amide bonds. The highest BCUT2D eigenvalue weighted by atomic mass is 32.2. The molecule has 2 N–H and O–H groups in total. The number of hydrogen-bond donors (Lipinski definition) is 2. The third kappa shape index (κ3) is 7.01. The van der Waals surface area contributed by atoms with Crippen molar-refractivity contribution in [3.05, 3.63) is 102 Å². The largest absolute Gasteiger partial charge is 0.492 e. The average molecular weight is 639 g/mol. The molecule has 0 aliphatic carbocycles. The van der Waals surface area contributed by atoms with Crippen molar-refractivity contribution in [2.24, 2.45) is 0 Å². The number of ether oxygens (including phenoxy) is 1. The zero-order chi connectivity index (χ0) is 32.5. The van der Waals surface area contributed by atoms with E-state index in [1.165, 1.54) is 11.6 Å². The number of halogens is 3. The number of imidazole rings is 1. The second-order valence-electron chi connectivity index (χ2n) is 10.3. The van der Waals surface area contributed by atoms with Gasteiger partial charge in [-0.25, -0.2) is 18.1 Å². The van der Waals surface area contributed by atoms with Gasteiger partial charge in [0.25, 0.3) is 5.91 Å². The molecule has 10 nitrogen and oxygen atoms in total. The summed E-state index contributed by atoms with van der Waals surface area (Å²) in [4.78, 5) is 17.8. The topological polar surface area (TPSA) is 120 Å². The minimum Gasteiger partial charge on any atom is -0.492 e. The third-order valence-corrected chi connectivity index (χ3v) is 7.55. The molecule has 0 unspecified atom stereocenters. The predicted octanol–water partition coefficient (Wildman–Crippen LogP) is 6.25.